The molecular formula is C34H37FN2. The van der Waals surface area contributed by atoms with Gasteiger partial charge in [0.15, 0.2) is 0 Å². The van der Waals surface area contributed by atoms with Gasteiger partial charge in [-0.05, 0) is 109 Å². The first-order valence-corrected chi connectivity index (χ1v) is 13.2. The molecule has 2 aromatic carbocycles. The highest BCUT2D eigenvalue weighted by molar-refractivity contribution is 5.84. The minimum absolute atomic E-state index is 0.223. The second-order valence-corrected chi connectivity index (χ2v) is 9.97. The molecule has 0 N–H and O–H groups in total. The van der Waals surface area contributed by atoms with Crippen molar-refractivity contribution in [1.29, 1.82) is 0 Å². The molecule has 1 fully saturated rings. The molecule has 4 rings (SSSR count). The number of pyridine rings is 1. The minimum atomic E-state index is -0.223. The van der Waals surface area contributed by atoms with E-state index in [1.165, 1.54) is 49.5 Å². The summed E-state index contributed by atoms with van der Waals surface area (Å²) in [7, 11) is 0. The molecule has 1 aliphatic heterocycles. The van der Waals surface area contributed by atoms with Crippen LogP contribution in [0.5, 0.6) is 0 Å². The molecule has 1 saturated heterocycles. The second kappa shape index (κ2) is 12.6. The van der Waals surface area contributed by atoms with E-state index in [1.54, 1.807) is 12.1 Å². The number of aryl methyl sites for hydroxylation is 1. The molecule has 1 aromatic heterocycles. The summed E-state index contributed by atoms with van der Waals surface area (Å²) in [5.41, 5.74) is 9.66. The average Bonchev–Trinajstić information content (AvgIpc) is 2.90. The van der Waals surface area contributed by atoms with Crippen molar-refractivity contribution in [3.8, 4) is 11.1 Å². The van der Waals surface area contributed by atoms with Crippen LogP contribution in [-0.4, -0.2) is 23.0 Å². The van der Waals surface area contributed by atoms with Gasteiger partial charge in [0.1, 0.15) is 5.82 Å². The third kappa shape index (κ3) is 7.24. The van der Waals surface area contributed by atoms with Gasteiger partial charge in [-0.25, -0.2) is 4.39 Å². The Labute approximate surface area is 221 Å². The van der Waals surface area contributed by atoms with Crippen molar-refractivity contribution in [2.75, 3.05) is 13.1 Å². The van der Waals surface area contributed by atoms with Crippen molar-refractivity contribution in [1.82, 2.24) is 9.88 Å². The van der Waals surface area contributed by atoms with Crippen molar-refractivity contribution in [2.24, 2.45) is 0 Å². The summed E-state index contributed by atoms with van der Waals surface area (Å²) in [5, 5.41) is 0. The highest BCUT2D eigenvalue weighted by Crippen LogP contribution is 2.30. The van der Waals surface area contributed by atoms with Crippen LogP contribution >= 0.6 is 0 Å². The van der Waals surface area contributed by atoms with Gasteiger partial charge in [0.25, 0.3) is 0 Å². The average molecular weight is 493 g/mol. The number of nitrogens with zero attached hydrogens (tertiary/aromatic N) is 2. The summed E-state index contributed by atoms with van der Waals surface area (Å²) in [5.74, 6) is -0.223. The monoisotopic (exact) mass is 492 g/mol. The van der Waals surface area contributed by atoms with Crippen LogP contribution in [0.2, 0.25) is 0 Å². The molecule has 3 aromatic rings. The standard InChI is InChI=1S/C34H37FN2/c1-5-30(14-12-25(2)18-28-10-9-11-33(35)20-28)27(4)34-21-31(15-13-26(34)3)32-19-29(22-36-23-32)24-37-16-7-6-8-17-37/h5,9-15,19-23H,2,4,6-8,16-18,24H2,1,3H3/b14-12-,30-5+. The molecule has 0 spiro atoms. The molecule has 0 unspecified atom stereocenters. The zero-order valence-electron chi connectivity index (χ0n) is 22.1. The van der Waals surface area contributed by atoms with E-state index in [9.17, 15) is 4.39 Å². The Bertz CT molecular complexity index is 1330. The first kappa shape index (κ1) is 26.5. The number of aromatic nitrogens is 1. The number of rotatable bonds is 9. The lowest BCUT2D eigenvalue weighted by atomic mass is 9.91. The molecule has 1 aliphatic rings. The van der Waals surface area contributed by atoms with Crippen LogP contribution in [0, 0.1) is 12.7 Å². The van der Waals surface area contributed by atoms with Crippen molar-refractivity contribution < 1.29 is 4.39 Å². The molecule has 0 bridgehead atoms. The van der Waals surface area contributed by atoms with E-state index < -0.39 is 0 Å². The molecule has 0 amide bonds. The molecule has 0 saturated carbocycles. The second-order valence-electron chi connectivity index (χ2n) is 9.97. The summed E-state index contributed by atoms with van der Waals surface area (Å²) >= 11 is 0. The Morgan fingerprint density at radius 3 is 2.51 bits per heavy atom. The third-order valence-electron chi connectivity index (χ3n) is 7.02. The van der Waals surface area contributed by atoms with E-state index in [0.717, 1.165) is 45.5 Å². The van der Waals surface area contributed by atoms with E-state index >= 15 is 0 Å². The Hall–Kier alpha value is -3.56. The highest BCUT2D eigenvalue weighted by Gasteiger charge is 2.12. The quantitative estimate of drug-likeness (QED) is 0.278. The Balaban J connectivity index is 1.50. The van der Waals surface area contributed by atoms with Gasteiger partial charge >= 0.3 is 0 Å². The molecule has 190 valence electrons. The number of hydrogen-bond donors (Lipinski definition) is 0. The van der Waals surface area contributed by atoms with E-state index in [4.69, 9.17) is 0 Å². The van der Waals surface area contributed by atoms with Crippen LogP contribution in [0.3, 0.4) is 0 Å². The lowest BCUT2D eigenvalue weighted by molar-refractivity contribution is 0.220. The maximum atomic E-state index is 13.5. The number of hydrogen-bond acceptors (Lipinski definition) is 2. The third-order valence-corrected chi connectivity index (χ3v) is 7.02. The summed E-state index contributed by atoms with van der Waals surface area (Å²) in [4.78, 5) is 7.09. The van der Waals surface area contributed by atoms with E-state index in [0.29, 0.717) is 6.42 Å². The molecule has 2 heterocycles. The lowest BCUT2D eigenvalue weighted by Gasteiger charge is -2.26. The van der Waals surface area contributed by atoms with E-state index in [2.05, 4.69) is 66.4 Å². The van der Waals surface area contributed by atoms with Gasteiger partial charge in [0, 0.05) is 24.5 Å². The highest BCUT2D eigenvalue weighted by atomic mass is 19.1. The first-order valence-electron chi connectivity index (χ1n) is 13.2. The van der Waals surface area contributed by atoms with Gasteiger partial charge in [0.2, 0.25) is 0 Å². The Kier molecular flexibility index (Phi) is 9.03. The molecular weight excluding hydrogens is 455 g/mol. The summed E-state index contributed by atoms with van der Waals surface area (Å²) in [6.45, 7) is 16.0. The maximum absolute atomic E-state index is 13.5. The summed E-state index contributed by atoms with van der Waals surface area (Å²) in [6.07, 6.45) is 14.6. The Morgan fingerprint density at radius 1 is 0.946 bits per heavy atom. The van der Waals surface area contributed by atoms with Crippen LogP contribution in [0.25, 0.3) is 16.7 Å². The van der Waals surface area contributed by atoms with Crippen molar-refractivity contribution in [3.05, 3.63) is 132 Å². The molecule has 0 radical (unpaired) electrons. The molecule has 2 nitrogen and oxygen atoms in total. The van der Waals surface area contributed by atoms with Crippen LogP contribution in [-0.2, 0) is 13.0 Å². The maximum Gasteiger partial charge on any atom is 0.123 e. The van der Waals surface area contributed by atoms with Crippen LogP contribution in [0.1, 0.15) is 48.4 Å². The fourth-order valence-corrected chi connectivity index (χ4v) is 4.94. The number of allylic oxidation sites excluding steroid dienone is 6. The minimum Gasteiger partial charge on any atom is -0.299 e. The van der Waals surface area contributed by atoms with E-state index in [-0.39, 0.29) is 5.82 Å². The van der Waals surface area contributed by atoms with Crippen LogP contribution in [0.4, 0.5) is 4.39 Å². The lowest BCUT2D eigenvalue weighted by Crippen LogP contribution is -2.29. The fraction of sp³-hybridized carbons (Fsp3) is 0.265. The van der Waals surface area contributed by atoms with E-state index in [1.807, 2.05) is 31.5 Å². The van der Waals surface area contributed by atoms with Gasteiger partial charge < -0.3 is 0 Å². The zero-order chi connectivity index (χ0) is 26.2. The van der Waals surface area contributed by atoms with Gasteiger partial charge in [0.05, 0.1) is 0 Å². The van der Waals surface area contributed by atoms with Gasteiger partial charge in [-0.3, -0.25) is 9.88 Å². The van der Waals surface area contributed by atoms with Crippen LogP contribution < -0.4 is 0 Å². The van der Waals surface area contributed by atoms with Crippen molar-refractivity contribution >= 4 is 5.57 Å². The number of likely N-dealkylation sites (tertiary alicyclic amines) is 1. The zero-order valence-corrected chi connectivity index (χ0v) is 22.1. The molecule has 3 heteroatoms. The molecule has 0 atom stereocenters. The predicted octanol–water partition coefficient (Wildman–Crippen LogP) is 8.50. The summed E-state index contributed by atoms with van der Waals surface area (Å²) < 4.78 is 13.5. The van der Waals surface area contributed by atoms with Crippen LogP contribution in [0.15, 0.2) is 103 Å². The smallest absolute Gasteiger partial charge is 0.123 e. The van der Waals surface area contributed by atoms with Gasteiger partial charge in [-0.15, -0.1) is 0 Å². The summed E-state index contributed by atoms with van der Waals surface area (Å²) in [6, 6.07) is 15.5. The Morgan fingerprint density at radius 2 is 1.76 bits per heavy atom. The largest absolute Gasteiger partial charge is 0.299 e. The normalized spacial score (nSPS) is 14.7. The topological polar surface area (TPSA) is 16.1 Å². The predicted molar refractivity (Wildman–Crippen MR) is 155 cm³/mol. The molecule has 37 heavy (non-hydrogen) atoms. The fourth-order valence-electron chi connectivity index (χ4n) is 4.94. The van der Waals surface area contributed by atoms with Gasteiger partial charge in [-0.2, -0.15) is 0 Å². The molecule has 0 aliphatic carbocycles. The number of halogens is 1. The first-order chi connectivity index (χ1) is 17.9. The number of benzene rings is 2. The van der Waals surface area contributed by atoms with Crippen molar-refractivity contribution in [2.45, 2.75) is 46.1 Å². The number of piperidine rings is 1. The van der Waals surface area contributed by atoms with Crippen molar-refractivity contribution in [3.63, 3.8) is 0 Å². The SMILES string of the molecule is C=C(/C=C\C(=C/C)C(=C)c1cc(-c2cncc(CN3CCCCC3)c2)ccc1C)Cc1cccc(F)c1. The van der Waals surface area contributed by atoms with Gasteiger partial charge in [-0.1, -0.05) is 67.6 Å².